The van der Waals surface area contributed by atoms with Crippen molar-refractivity contribution in [2.24, 2.45) is 0 Å². The first-order valence-electron chi connectivity index (χ1n) is 4.84. The molecule has 0 saturated heterocycles. The van der Waals surface area contributed by atoms with E-state index in [0.717, 1.165) is 26.7 Å². The molecule has 1 aromatic heterocycles. The summed E-state index contributed by atoms with van der Waals surface area (Å²) in [6.45, 7) is 0.769. The van der Waals surface area contributed by atoms with Crippen molar-refractivity contribution >= 4 is 37.5 Å². The fourth-order valence-electron chi connectivity index (χ4n) is 1.51. The SMILES string of the molecule is Nc1c(Br)cc(Br)cc1C[n+]1ccccc1.[Br-]. The maximum atomic E-state index is 6.02. The summed E-state index contributed by atoms with van der Waals surface area (Å²) in [5.74, 6) is 0. The van der Waals surface area contributed by atoms with Gasteiger partial charge in [-0.05, 0) is 28.1 Å². The molecule has 0 aliphatic carbocycles. The zero-order chi connectivity index (χ0) is 11.5. The highest BCUT2D eigenvalue weighted by atomic mass is 79.9. The number of anilines is 1. The van der Waals surface area contributed by atoms with Gasteiger partial charge in [-0.25, -0.2) is 4.57 Å². The summed E-state index contributed by atoms with van der Waals surface area (Å²) in [6.07, 6.45) is 4.04. The van der Waals surface area contributed by atoms with E-state index in [0.29, 0.717) is 0 Å². The van der Waals surface area contributed by atoms with Gasteiger partial charge >= 0.3 is 0 Å². The third-order valence-corrected chi connectivity index (χ3v) is 3.42. The van der Waals surface area contributed by atoms with E-state index in [9.17, 15) is 0 Å². The van der Waals surface area contributed by atoms with Gasteiger partial charge in [0.2, 0.25) is 0 Å². The lowest BCUT2D eigenvalue weighted by molar-refractivity contribution is -0.688. The standard InChI is InChI=1S/C12H11Br2N2.BrH/c13-10-6-9(12(15)11(14)7-10)8-16-4-2-1-3-5-16;/h1-7H,8,15H2;1H/q+1;/p-1. The highest BCUT2D eigenvalue weighted by molar-refractivity contribution is 9.11. The van der Waals surface area contributed by atoms with Crippen molar-refractivity contribution in [1.29, 1.82) is 0 Å². The van der Waals surface area contributed by atoms with Gasteiger partial charge in [0.1, 0.15) is 0 Å². The molecule has 17 heavy (non-hydrogen) atoms. The zero-order valence-electron chi connectivity index (χ0n) is 8.91. The summed E-state index contributed by atoms with van der Waals surface area (Å²) in [4.78, 5) is 0. The van der Waals surface area contributed by atoms with Crippen LogP contribution in [-0.4, -0.2) is 0 Å². The molecular formula is C12H11Br3N2. The Morgan fingerprint density at radius 1 is 1.06 bits per heavy atom. The first-order valence-corrected chi connectivity index (χ1v) is 6.43. The quantitative estimate of drug-likeness (QED) is 0.541. The second-order valence-corrected chi connectivity index (χ2v) is 5.28. The molecular weight excluding hydrogens is 412 g/mol. The maximum Gasteiger partial charge on any atom is 0.175 e. The topological polar surface area (TPSA) is 29.9 Å². The van der Waals surface area contributed by atoms with Crippen molar-refractivity contribution < 1.29 is 21.5 Å². The number of pyridine rings is 1. The Morgan fingerprint density at radius 3 is 2.35 bits per heavy atom. The van der Waals surface area contributed by atoms with Crippen molar-refractivity contribution in [3.8, 4) is 0 Å². The van der Waals surface area contributed by atoms with E-state index < -0.39 is 0 Å². The van der Waals surface area contributed by atoms with Crippen molar-refractivity contribution in [1.82, 2.24) is 0 Å². The summed E-state index contributed by atoms with van der Waals surface area (Å²) < 4.78 is 4.04. The Bertz CT molecular complexity index is 501. The molecule has 2 nitrogen and oxygen atoms in total. The Morgan fingerprint density at radius 2 is 1.71 bits per heavy atom. The van der Waals surface area contributed by atoms with Crippen LogP contribution in [0.1, 0.15) is 5.56 Å². The van der Waals surface area contributed by atoms with Gasteiger partial charge in [-0.2, -0.15) is 0 Å². The summed E-state index contributed by atoms with van der Waals surface area (Å²) in [6, 6.07) is 10.00. The molecule has 5 heteroatoms. The number of nitrogen functional groups attached to an aromatic ring is 1. The van der Waals surface area contributed by atoms with Crippen LogP contribution in [0, 0.1) is 0 Å². The number of nitrogens with zero attached hydrogens (tertiary/aromatic N) is 1. The summed E-state index contributed by atoms with van der Waals surface area (Å²) >= 11 is 6.91. The summed E-state index contributed by atoms with van der Waals surface area (Å²) in [7, 11) is 0. The van der Waals surface area contributed by atoms with Crippen LogP contribution in [0.15, 0.2) is 51.7 Å². The Kier molecular flexibility index (Phi) is 5.62. The number of aromatic nitrogens is 1. The summed E-state index contributed by atoms with van der Waals surface area (Å²) in [5, 5.41) is 0. The van der Waals surface area contributed by atoms with E-state index >= 15 is 0 Å². The molecule has 0 aliphatic heterocycles. The predicted octanol–water partition coefficient (Wildman–Crippen LogP) is 0.134. The minimum Gasteiger partial charge on any atom is -1.00 e. The van der Waals surface area contributed by atoms with Crippen molar-refractivity contribution in [3.63, 3.8) is 0 Å². The average Bonchev–Trinajstić information content (AvgIpc) is 2.27. The van der Waals surface area contributed by atoms with Crippen molar-refractivity contribution in [2.75, 3.05) is 5.73 Å². The molecule has 0 spiro atoms. The first-order chi connectivity index (χ1) is 7.66. The fraction of sp³-hybridized carbons (Fsp3) is 0.0833. The van der Waals surface area contributed by atoms with Gasteiger partial charge in [-0.3, -0.25) is 0 Å². The smallest absolute Gasteiger partial charge is 0.175 e. The maximum absolute atomic E-state index is 6.02. The molecule has 0 bridgehead atoms. The molecule has 1 heterocycles. The van der Waals surface area contributed by atoms with E-state index in [1.165, 1.54) is 0 Å². The normalized spacial score (nSPS) is 9.76. The number of benzene rings is 1. The van der Waals surface area contributed by atoms with E-state index in [4.69, 9.17) is 5.73 Å². The first kappa shape index (κ1) is 14.7. The Balaban J connectivity index is 0.00000144. The van der Waals surface area contributed by atoms with Crippen LogP contribution in [0.4, 0.5) is 5.69 Å². The lowest BCUT2D eigenvalue weighted by atomic mass is 10.2. The van der Waals surface area contributed by atoms with Crippen LogP contribution in [0.5, 0.6) is 0 Å². The number of hydrogen-bond donors (Lipinski definition) is 1. The lowest BCUT2D eigenvalue weighted by Gasteiger charge is -2.05. The minimum absolute atomic E-state index is 0. The molecule has 0 amide bonds. The van der Waals surface area contributed by atoms with Crippen LogP contribution in [-0.2, 0) is 6.54 Å². The number of hydrogen-bond acceptors (Lipinski definition) is 1. The Labute approximate surface area is 128 Å². The van der Waals surface area contributed by atoms with Gasteiger partial charge in [-0.15, -0.1) is 0 Å². The number of halogens is 3. The molecule has 0 saturated carbocycles. The van der Waals surface area contributed by atoms with E-state index in [1.54, 1.807) is 0 Å². The molecule has 0 unspecified atom stereocenters. The second kappa shape index (κ2) is 6.52. The summed E-state index contributed by atoms with van der Waals surface area (Å²) in [5.41, 5.74) is 7.90. The zero-order valence-corrected chi connectivity index (χ0v) is 13.7. The second-order valence-electron chi connectivity index (χ2n) is 3.51. The molecule has 2 aromatic rings. The van der Waals surface area contributed by atoms with E-state index in [2.05, 4.69) is 36.4 Å². The highest BCUT2D eigenvalue weighted by Crippen LogP contribution is 2.27. The lowest BCUT2D eigenvalue weighted by Crippen LogP contribution is -3.00. The van der Waals surface area contributed by atoms with Gasteiger partial charge in [0.25, 0.3) is 0 Å². The molecule has 0 radical (unpaired) electrons. The van der Waals surface area contributed by atoms with Crippen LogP contribution < -0.4 is 27.3 Å². The molecule has 1 aromatic carbocycles. The largest absolute Gasteiger partial charge is 1.00 e. The van der Waals surface area contributed by atoms with Crippen LogP contribution in [0.3, 0.4) is 0 Å². The minimum atomic E-state index is 0. The van der Waals surface area contributed by atoms with Gasteiger partial charge in [0.05, 0.1) is 5.69 Å². The van der Waals surface area contributed by atoms with Crippen molar-refractivity contribution in [2.45, 2.75) is 6.54 Å². The Hall–Kier alpha value is -0.390. The average molecular weight is 423 g/mol. The molecule has 0 atom stereocenters. The van der Waals surface area contributed by atoms with Gasteiger partial charge in [0.15, 0.2) is 18.9 Å². The molecule has 2 rings (SSSR count). The van der Waals surface area contributed by atoms with E-state index in [1.807, 2.05) is 42.7 Å². The molecule has 0 fully saturated rings. The van der Waals surface area contributed by atoms with Crippen molar-refractivity contribution in [3.05, 3.63) is 57.2 Å². The molecule has 0 aliphatic rings. The fourth-order valence-corrected chi connectivity index (χ4v) is 2.82. The third-order valence-electron chi connectivity index (χ3n) is 2.31. The van der Waals surface area contributed by atoms with Gasteiger partial charge in [-0.1, -0.05) is 22.0 Å². The predicted molar refractivity (Wildman–Crippen MR) is 72.0 cm³/mol. The van der Waals surface area contributed by atoms with Gasteiger partial charge in [0, 0.05) is 26.6 Å². The molecule has 90 valence electrons. The monoisotopic (exact) mass is 420 g/mol. The number of rotatable bonds is 2. The van der Waals surface area contributed by atoms with E-state index in [-0.39, 0.29) is 17.0 Å². The van der Waals surface area contributed by atoms with Crippen LogP contribution in [0.25, 0.3) is 0 Å². The van der Waals surface area contributed by atoms with Crippen LogP contribution >= 0.6 is 31.9 Å². The van der Waals surface area contributed by atoms with Gasteiger partial charge < -0.3 is 22.7 Å². The highest BCUT2D eigenvalue weighted by Gasteiger charge is 2.09. The molecule has 2 N–H and O–H groups in total. The number of nitrogens with two attached hydrogens (primary N) is 1. The van der Waals surface area contributed by atoms with Crippen LogP contribution in [0.2, 0.25) is 0 Å². The third kappa shape index (κ3) is 3.79.